The second-order valence-electron chi connectivity index (χ2n) is 5.60. The number of nitrogens with one attached hydrogen (secondary N) is 1. The third kappa shape index (κ3) is 3.05. The molecule has 1 saturated heterocycles. The van der Waals surface area contributed by atoms with Crippen molar-refractivity contribution >= 4 is 11.5 Å². The average molecular weight is 293 g/mol. The van der Waals surface area contributed by atoms with E-state index in [2.05, 4.69) is 20.2 Å². The van der Waals surface area contributed by atoms with Crippen LogP contribution in [-0.2, 0) is 0 Å². The summed E-state index contributed by atoms with van der Waals surface area (Å²) in [5.41, 5.74) is -0.197. The molecule has 1 aromatic rings. The third-order valence-corrected chi connectivity index (χ3v) is 4.10. The standard InChI is InChI=1S/C13H19N5O3/c1-21-13-11(18(19)20)12(15-8-16-13)14-6-9-4-5-17(7-9)10-2-3-10/h8-10H,2-7H2,1H3,(H,14,15,16). The highest BCUT2D eigenvalue weighted by atomic mass is 16.6. The van der Waals surface area contributed by atoms with E-state index in [0.29, 0.717) is 12.5 Å². The van der Waals surface area contributed by atoms with Gasteiger partial charge in [0.25, 0.3) is 5.88 Å². The summed E-state index contributed by atoms with van der Waals surface area (Å²) in [4.78, 5) is 20.9. The molecule has 8 heteroatoms. The molecular formula is C13H19N5O3. The fourth-order valence-corrected chi connectivity index (χ4v) is 2.85. The molecule has 21 heavy (non-hydrogen) atoms. The Morgan fingerprint density at radius 1 is 1.48 bits per heavy atom. The molecular weight excluding hydrogens is 274 g/mol. The van der Waals surface area contributed by atoms with Gasteiger partial charge >= 0.3 is 5.69 Å². The van der Waals surface area contributed by atoms with Crippen LogP contribution < -0.4 is 10.1 Å². The van der Waals surface area contributed by atoms with Gasteiger partial charge in [0.15, 0.2) is 0 Å². The van der Waals surface area contributed by atoms with E-state index in [1.54, 1.807) is 0 Å². The molecule has 3 rings (SSSR count). The van der Waals surface area contributed by atoms with Gasteiger partial charge in [0.1, 0.15) is 6.33 Å². The monoisotopic (exact) mass is 293 g/mol. The number of likely N-dealkylation sites (tertiary alicyclic amines) is 1. The number of rotatable bonds is 6. The van der Waals surface area contributed by atoms with Gasteiger partial charge in [-0.2, -0.15) is 4.98 Å². The zero-order chi connectivity index (χ0) is 14.8. The Balaban J connectivity index is 1.63. The molecule has 0 bridgehead atoms. The Hall–Kier alpha value is -1.96. The highest BCUT2D eigenvalue weighted by Gasteiger charge is 2.34. The van der Waals surface area contributed by atoms with Gasteiger partial charge in [-0.15, -0.1) is 0 Å². The van der Waals surface area contributed by atoms with E-state index >= 15 is 0 Å². The van der Waals surface area contributed by atoms with Crippen LogP contribution in [0.15, 0.2) is 6.33 Å². The summed E-state index contributed by atoms with van der Waals surface area (Å²) in [5.74, 6) is 0.728. The number of nitro groups is 1. The van der Waals surface area contributed by atoms with Crippen LogP contribution in [0.2, 0.25) is 0 Å². The van der Waals surface area contributed by atoms with Crippen LogP contribution in [0.5, 0.6) is 5.88 Å². The molecule has 1 aromatic heterocycles. The molecule has 1 N–H and O–H groups in total. The van der Waals surface area contributed by atoms with Crippen molar-refractivity contribution in [3.63, 3.8) is 0 Å². The Morgan fingerprint density at radius 3 is 2.95 bits per heavy atom. The van der Waals surface area contributed by atoms with Gasteiger partial charge < -0.3 is 15.0 Å². The van der Waals surface area contributed by atoms with Crippen molar-refractivity contribution in [1.82, 2.24) is 14.9 Å². The maximum Gasteiger partial charge on any atom is 0.372 e. The van der Waals surface area contributed by atoms with E-state index < -0.39 is 4.92 Å². The van der Waals surface area contributed by atoms with Gasteiger partial charge in [0, 0.05) is 19.1 Å². The molecule has 0 aromatic carbocycles. The summed E-state index contributed by atoms with van der Waals surface area (Å²) >= 11 is 0. The summed E-state index contributed by atoms with van der Waals surface area (Å²) in [6.45, 7) is 2.88. The molecule has 1 aliphatic carbocycles. The van der Waals surface area contributed by atoms with Crippen molar-refractivity contribution < 1.29 is 9.66 Å². The zero-order valence-electron chi connectivity index (χ0n) is 12.0. The van der Waals surface area contributed by atoms with E-state index in [9.17, 15) is 10.1 Å². The van der Waals surface area contributed by atoms with Crippen molar-refractivity contribution in [2.45, 2.75) is 25.3 Å². The van der Waals surface area contributed by atoms with Crippen LogP contribution in [0.3, 0.4) is 0 Å². The SMILES string of the molecule is COc1ncnc(NCC2CCN(C3CC3)C2)c1[N+](=O)[O-]. The van der Waals surface area contributed by atoms with Gasteiger partial charge in [0.05, 0.1) is 12.0 Å². The lowest BCUT2D eigenvalue weighted by atomic mass is 10.1. The van der Waals surface area contributed by atoms with E-state index in [-0.39, 0.29) is 17.4 Å². The number of nitrogens with zero attached hydrogens (tertiary/aromatic N) is 4. The Morgan fingerprint density at radius 2 is 2.29 bits per heavy atom. The summed E-state index contributed by atoms with van der Waals surface area (Å²) in [6.07, 6.45) is 5.03. The molecule has 1 atom stereocenters. The molecule has 0 amide bonds. The second kappa shape index (κ2) is 5.80. The molecule has 1 aliphatic heterocycles. The molecule has 0 spiro atoms. The number of hydrogen-bond donors (Lipinski definition) is 1. The first-order valence-electron chi connectivity index (χ1n) is 7.20. The quantitative estimate of drug-likeness (QED) is 0.624. The highest BCUT2D eigenvalue weighted by Crippen LogP contribution is 2.33. The smallest absolute Gasteiger partial charge is 0.372 e. The third-order valence-electron chi connectivity index (χ3n) is 4.10. The van der Waals surface area contributed by atoms with E-state index in [1.807, 2.05) is 0 Å². The van der Waals surface area contributed by atoms with Crippen LogP contribution in [0.1, 0.15) is 19.3 Å². The maximum absolute atomic E-state index is 11.1. The van der Waals surface area contributed by atoms with Crippen molar-refractivity contribution in [1.29, 1.82) is 0 Å². The number of anilines is 1. The van der Waals surface area contributed by atoms with Crippen molar-refractivity contribution in [2.75, 3.05) is 32.1 Å². The van der Waals surface area contributed by atoms with Crippen LogP contribution >= 0.6 is 0 Å². The minimum Gasteiger partial charge on any atom is -0.476 e. The lowest BCUT2D eigenvalue weighted by Gasteiger charge is -2.15. The van der Waals surface area contributed by atoms with Crippen LogP contribution in [0.4, 0.5) is 11.5 Å². The minimum atomic E-state index is -0.508. The summed E-state index contributed by atoms with van der Waals surface area (Å²) in [7, 11) is 1.36. The topological polar surface area (TPSA) is 93.4 Å². The first-order chi connectivity index (χ1) is 10.2. The minimum absolute atomic E-state index is 0.0106. The van der Waals surface area contributed by atoms with Crippen LogP contribution in [-0.4, -0.2) is 52.6 Å². The van der Waals surface area contributed by atoms with Crippen LogP contribution in [0, 0.1) is 16.0 Å². The van der Waals surface area contributed by atoms with Gasteiger partial charge in [-0.25, -0.2) is 4.98 Å². The van der Waals surface area contributed by atoms with Crippen molar-refractivity contribution in [3.05, 3.63) is 16.4 Å². The normalized spacial score (nSPS) is 22.2. The maximum atomic E-state index is 11.1. The highest BCUT2D eigenvalue weighted by molar-refractivity contribution is 5.61. The van der Waals surface area contributed by atoms with Gasteiger partial charge in [0.2, 0.25) is 5.82 Å². The van der Waals surface area contributed by atoms with Crippen molar-refractivity contribution in [2.24, 2.45) is 5.92 Å². The number of hydrogen-bond acceptors (Lipinski definition) is 7. The molecule has 114 valence electrons. The fraction of sp³-hybridized carbons (Fsp3) is 0.692. The largest absolute Gasteiger partial charge is 0.476 e. The first kappa shape index (κ1) is 14.0. The number of ether oxygens (including phenoxy) is 1. The molecule has 8 nitrogen and oxygen atoms in total. The lowest BCUT2D eigenvalue weighted by Crippen LogP contribution is -2.25. The summed E-state index contributed by atoms with van der Waals surface area (Å²) in [6, 6.07) is 0.781. The second-order valence-corrected chi connectivity index (χ2v) is 5.60. The predicted octanol–water partition coefficient (Wildman–Crippen LogP) is 1.29. The Labute approximate surface area is 122 Å². The first-order valence-corrected chi connectivity index (χ1v) is 7.20. The Bertz CT molecular complexity index is 535. The molecule has 1 unspecified atom stereocenters. The van der Waals surface area contributed by atoms with E-state index in [4.69, 9.17) is 4.74 Å². The Kier molecular flexibility index (Phi) is 3.87. The fourth-order valence-electron chi connectivity index (χ4n) is 2.85. The van der Waals surface area contributed by atoms with E-state index in [1.165, 1.54) is 26.3 Å². The molecule has 0 radical (unpaired) electrons. The molecule has 2 fully saturated rings. The molecule has 2 aliphatic rings. The number of aromatic nitrogens is 2. The predicted molar refractivity (Wildman–Crippen MR) is 76.4 cm³/mol. The summed E-state index contributed by atoms with van der Waals surface area (Å²) in [5, 5.41) is 14.2. The van der Waals surface area contributed by atoms with Crippen molar-refractivity contribution in [3.8, 4) is 5.88 Å². The number of methoxy groups -OCH3 is 1. The zero-order valence-corrected chi connectivity index (χ0v) is 12.0. The molecule has 1 saturated carbocycles. The van der Waals surface area contributed by atoms with Gasteiger partial charge in [-0.05, 0) is 31.7 Å². The average Bonchev–Trinajstić information content (AvgIpc) is 3.23. The van der Waals surface area contributed by atoms with Gasteiger partial charge in [-0.1, -0.05) is 0 Å². The van der Waals surface area contributed by atoms with Gasteiger partial charge in [-0.3, -0.25) is 10.1 Å². The molecule has 2 heterocycles. The van der Waals surface area contributed by atoms with Crippen LogP contribution in [0.25, 0.3) is 0 Å². The lowest BCUT2D eigenvalue weighted by molar-refractivity contribution is -0.385. The summed E-state index contributed by atoms with van der Waals surface area (Å²) < 4.78 is 4.93. The van der Waals surface area contributed by atoms with E-state index in [0.717, 1.165) is 25.6 Å².